The van der Waals surface area contributed by atoms with Crippen LogP contribution in [0.2, 0.25) is 0 Å². The molecule has 0 aliphatic carbocycles. The van der Waals surface area contributed by atoms with Crippen LogP contribution < -0.4 is 16.0 Å². The van der Waals surface area contributed by atoms with Crippen LogP contribution in [-0.2, 0) is 4.74 Å². The molecule has 52 heavy (non-hydrogen) atoms. The normalized spacial score (nSPS) is 10.7. The number of fused-ring (bicyclic) bond motifs is 2. The summed E-state index contributed by atoms with van der Waals surface area (Å²) < 4.78 is 4.66. The minimum atomic E-state index is -0.660. The van der Waals surface area contributed by atoms with E-state index in [2.05, 4.69) is 54.5 Å². The first kappa shape index (κ1) is 36.7. The molecule has 0 atom stereocenters. The number of aromatic nitrogens is 4. The van der Waals surface area contributed by atoms with Gasteiger partial charge >= 0.3 is 5.97 Å². The number of aryl methyl sites for hydroxylation is 2. The Bertz CT molecular complexity index is 2270. The SMILES string of the molecule is COC(=O)c1nccnc1NC(=O)c1ccc(C)c2ccccc12.Cc1ccc(C(=O)Nc2nccnc2C(=O)NCCC(C)C)c2ccccc12. The minimum Gasteiger partial charge on any atom is -0.464 e. The smallest absolute Gasteiger partial charge is 0.360 e. The lowest BCUT2D eigenvalue weighted by Gasteiger charge is -2.12. The molecule has 0 aliphatic rings. The maximum atomic E-state index is 12.9. The lowest BCUT2D eigenvalue weighted by atomic mass is 10.00. The molecule has 0 saturated carbocycles. The van der Waals surface area contributed by atoms with Gasteiger partial charge in [-0.25, -0.2) is 24.7 Å². The second-order valence-electron chi connectivity index (χ2n) is 12.3. The van der Waals surface area contributed by atoms with Gasteiger partial charge in [0.25, 0.3) is 17.7 Å². The summed E-state index contributed by atoms with van der Waals surface area (Å²) in [5.74, 6) is -0.996. The van der Waals surface area contributed by atoms with Gasteiger partial charge in [-0.3, -0.25) is 14.4 Å². The average Bonchev–Trinajstić information content (AvgIpc) is 3.15. The Balaban J connectivity index is 0.000000203. The van der Waals surface area contributed by atoms with Crippen LogP contribution in [0.4, 0.5) is 11.6 Å². The maximum absolute atomic E-state index is 12.9. The highest BCUT2D eigenvalue weighted by Gasteiger charge is 2.20. The van der Waals surface area contributed by atoms with Crippen LogP contribution in [0.1, 0.15) is 73.1 Å². The third-order valence-corrected chi connectivity index (χ3v) is 8.23. The van der Waals surface area contributed by atoms with Crippen molar-refractivity contribution in [2.45, 2.75) is 34.1 Å². The van der Waals surface area contributed by atoms with E-state index >= 15 is 0 Å². The van der Waals surface area contributed by atoms with Crippen molar-refractivity contribution in [2.24, 2.45) is 5.92 Å². The summed E-state index contributed by atoms with van der Waals surface area (Å²) in [7, 11) is 1.25. The van der Waals surface area contributed by atoms with E-state index in [4.69, 9.17) is 0 Å². The number of hydrogen-bond donors (Lipinski definition) is 3. The summed E-state index contributed by atoms with van der Waals surface area (Å²) in [5, 5.41) is 11.9. The van der Waals surface area contributed by atoms with Crippen molar-refractivity contribution in [2.75, 3.05) is 24.3 Å². The number of rotatable bonds is 9. The van der Waals surface area contributed by atoms with Crippen LogP contribution in [0.5, 0.6) is 0 Å². The zero-order valence-electron chi connectivity index (χ0n) is 29.6. The van der Waals surface area contributed by atoms with Crippen molar-refractivity contribution in [3.8, 4) is 0 Å². The molecule has 12 nitrogen and oxygen atoms in total. The predicted octanol–water partition coefficient (Wildman–Crippen LogP) is 6.94. The fourth-order valence-electron chi connectivity index (χ4n) is 5.47. The van der Waals surface area contributed by atoms with Crippen LogP contribution >= 0.6 is 0 Å². The predicted molar refractivity (Wildman–Crippen MR) is 200 cm³/mol. The molecule has 0 saturated heterocycles. The summed E-state index contributed by atoms with van der Waals surface area (Å²) in [6.45, 7) is 8.72. The standard InChI is InChI=1S/C22H24N4O2.C18H15N3O3/c1-14(2)10-11-25-22(28)19-20(24-13-12-23-19)26-21(27)18-9-8-15(3)16-6-4-5-7-17(16)18;1-11-7-8-14(13-6-4-3-5-12(11)13)17(22)21-16-15(18(23)24-2)19-9-10-20-16/h4-9,12-14H,10-11H2,1-3H3,(H,25,28)(H,24,26,27);3-10H,1-2H3,(H,20,21,22). The third-order valence-electron chi connectivity index (χ3n) is 8.23. The maximum Gasteiger partial charge on any atom is 0.360 e. The second kappa shape index (κ2) is 16.9. The molecule has 3 N–H and O–H groups in total. The number of nitrogens with one attached hydrogen (secondary N) is 3. The number of carbonyl (C=O) groups is 4. The van der Waals surface area contributed by atoms with Crippen molar-refractivity contribution in [1.82, 2.24) is 25.3 Å². The molecule has 3 amide bonds. The van der Waals surface area contributed by atoms with Crippen LogP contribution in [0, 0.1) is 19.8 Å². The third kappa shape index (κ3) is 8.59. The molecule has 2 heterocycles. The molecule has 0 aliphatic heterocycles. The summed E-state index contributed by atoms with van der Waals surface area (Å²) in [6, 6.07) is 22.7. The lowest BCUT2D eigenvalue weighted by molar-refractivity contribution is 0.0594. The summed E-state index contributed by atoms with van der Waals surface area (Å²) >= 11 is 0. The van der Waals surface area contributed by atoms with Gasteiger partial charge in [0.05, 0.1) is 7.11 Å². The molecule has 0 bridgehead atoms. The number of ether oxygens (including phenoxy) is 1. The number of carbonyl (C=O) groups excluding carboxylic acids is 4. The van der Waals surface area contributed by atoms with Crippen LogP contribution in [0.15, 0.2) is 97.6 Å². The van der Waals surface area contributed by atoms with Crippen LogP contribution in [0.25, 0.3) is 21.5 Å². The number of benzene rings is 4. The van der Waals surface area contributed by atoms with Crippen molar-refractivity contribution >= 4 is 56.9 Å². The number of amides is 3. The number of esters is 1. The average molecular weight is 698 g/mol. The molecule has 6 aromatic rings. The Morgan fingerprint density at radius 3 is 1.52 bits per heavy atom. The highest BCUT2D eigenvalue weighted by atomic mass is 16.5. The summed E-state index contributed by atoms with van der Waals surface area (Å²) in [6.07, 6.45) is 6.52. The molecule has 0 radical (unpaired) electrons. The Kier molecular flexibility index (Phi) is 11.9. The Morgan fingerprint density at radius 2 is 1.04 bits per heavy atom. The van der Waals surface area contributed by atoms with Gasteiger partial charge in [0, 0.05) is 42.5 Å². The van der Waals surface area contributed by atoms with Gasteiger partial charge in [-0.1, -0.05) is 74.5 Å². The van der Waals surface area contributed by atoms with E-state index in [1.54, 1.807) is 12.1 Å². The van der Waals surface area contributed by atoms with E-state index in [-0.39, 0.29) is 40.7 Å². The number of methoxy groups -OCH3 is 1. The van der Waals surface area contributed by atoms with Gasteiger partial charge < -0.3 is 20.7 Å². The van der Waals surface area contributed by atoms with Gasteiger partial charge in [-0.05, 0) is 71.0 Å². The van der Waals surface area contributed by atoms with Gasteiger partial charge in [-0.2, -0.15) is 0 Å². The number of nitrogens with zero attached hydrogens (tertiary/aromatic N) is 4. The second-order valence-corrected chi connectivity index (χ2v) is 12.3. The van der Waals surface area contributed by atoms with Gasteiger partial charge in [0.2, 0.25) is 0 Å². The molecule has 0 fully saturated rings. The first-order valence-electron chi connectivity index (χ1n) is 16.7. The Morgan fingerprint density at radius 1 is 0.596 bits per heavy atom. The van der Waals surface area contributed by atoms with Crippen LogP contribution in [0.3, 0.4) is 0 Å². The minimum absolute atomic E-state index is 0.0373. The van der Waals surface area contributed by atoms with Gasteiger partial charge in [0.1, 0.15) is 0 Å². The topological polar surface area (TPSA) is 165 Å². The van der Waals surface area contributed by atoms with E-state index in [1.165, 1.54) is 31.9 Å². The van der Waals surface area contributed by atoms with Crippen molar-refractivity contribution in [3.05, 3.63) is 131 Å². The molecular weight excluding hydrogens is 658 g/mol. The first-order chi connectivity index (χ1) is 25.1. The molecule has 12 heteroatoms. The van der Waals surface area contributed by atoms with Gasteiger partial charge in [0.15, 0.2) is 23.0 Å². The highest BCUT2D eigenvalue weighted by molar-refractivity contribution is 6.15. The van der Waals surface area contributed by atoms with Gasteiger partial charge in [-0.15, -0.1) is 0 Å². The van der Waals surface area contributed by atoms with E-state index in [0.717, 1.165) is 39.1 Å². The molecule has 4 aromatic carbocycles. The number of hydrogen-bond acceptors (Lipinski definition) is 9. The summed E-state index contributed by atoms with van der Waals surface area (Å²) in [5.41, 5.74) is 3.27. The first-order valence-corrected chi connectivity index (χ1v) is 16.7. The summed E-state index contributed by atoms with van der Waals surface area (Å²) in [4.78, 5) is 66.0. The van der Waals surface area contributed by atoms with E-state index in [0.29, 0.717) is 23.6 Å². The highest BCUT2D eigenvalue weighted by Crippen LogP contribution is 2.25. The fraction of sp³-hybridized carbons (Fsp3) is 0.200. The molecule has 6 rings (SSSR count). The van der Waals surface area contributed by atoms with E-state index in [1.807, 2.05) is 74.5 Å². The molecule has 0 unspecified atom stereocenters. The Hall–Kier alpha value is -6.56. The van der Waals surface area contributed by atoms with Crippen LogP contribution in [-0.4, -0.2) is 57.3 Å². The largest absolute Gasteiger partial charge is 0.464 e. The van der Waals surface area contributed by atoms with E-state index in [9.17, 15) is 19.2 Å². The van der Waals surface area contributed by atoms with Crippen molar-refractivity contribution in [3.63, 3.8) is 0 Å². The molecule has 264 valence electrons. The van der Waals surface area contributed by atoms with Crippen molar-refractivity contribution in [1.29, 1.82) is 0 Å². The zero-order valence-corrected chi connectivity index (χ0v) is 29.6. The fourth-order valence-corrected chi connectivity index (χ4v) is 5.47. The van der Waals surface area contributed by atoms with E-state index < -0.39 is 5.97 Å². The molecule has 2 aromatic heterocycles. The number of anilines is 2. The Labute approximate surface area is 301 Å². The zero-order chi connectivity index (χ0) is 37.2. The monoisotopic (exact) mass is 697 g/mol. The quantitative estimate of drug-likeness (QED) is 0.136. The van der Waals surface area contributed by atoms with Crippen molar-refractivity contribution < 1.29 is 23.9 Å². The lowest BCUT2D eigenvalue weighted by Crippen LogP contribution is -2.28. The molecule has 0 spiro atoms. The molecular formula is C40H39N7O5.